The molecule has 0 aliphatic carbocycles. The molecule has 1 aliphatic heterocycles. The van der Waals surface area contributed by atoms with Crippen LogP contribution >= 0.6 is 11.3 Å². The van der Waals surface area contributed by atoms with Gasteiger partial charge in [0, 0.05) is 43.9 Å². The lowest BCUT2D eigenvalue weighted by Gasteiger charge is -2.36. The van der Waals surface area contributed by atoms with E-state index >= 15 is 0 Å². The van der Waals surface area contributed by atoms with E-state index < -0.39 is 0 Å². The number of carbonyl (C=O) groups is 1. The molecule has 0 atom stereocenters. The zero-order valence-corrected chi connectivity index (χ0v) is 18.0. The Hall–Kier alpha value is -2.73. The van der Waals surface area contributed by atoms with Crippen molar-refractivity contribution in [3.63, 3.8) is 0 Å². The first-order chi connectivity index (χ1) is 14.0. The highest BCUT2D eigenvalue weighted by Crippen LogP contribution is 2.26. The van der Waals surface area contributed by atoms with Gasteiger partial charge in [0.1, 0.15) is 11.6 Å². The van der Waals surface area contributed by atoms with Crippen LogP contribution in [-0.4, -0.2) is 47.0 Å². The van der Waals surface area contributed by atoms with Crippen molar-refractivity contribution in [2.45, 2.75) is 27.2 Å². The number of amides is 1. The van der Waals surface area contributed by atoms with Gasteiger partial charge in [0.15, 0.2) is 0 Å². The molecule has 6 heteroatoms. The van der Waals surface area contributed by atoms with Gasteiger partial charge < -0.3 is 9.80 Å². The van der Waals surface area contributed by atoms with Crippen LogP contribution in [0.4, 0.5) is 5.82 Å². The number of benzene rings is 1. The summed E-state index contributed by atoms with van der Waals surface area (Å²) in [5.74, 6) is 1.94. The quantitative estimate of drug-likeness (QED) is 0.657. The minimum absolute atomic E-state index is 0.134. The van der Waals surface area contributed by atoms with Crippen molar-refractivity contribution in [1.82, 2.24) is 14.9 Å². The van der Waals surface area contributed by atoms with Gasteiger partial charge in [-0.05, 0) is 37.8 Å². The maximum Gasteiger partial charge on any atom is 0.264 e. The van der Waals surface area contributed by atoms with Gasteiger partial charge in [0.05, 0.1) is 4.88 Å². The highest BCUT2D eigenvalue weighted by Gasteiger charge is 2.25. The molecule has 5 nitrogen and oxygen atoms in total. The van der Waals surface area contributed by atoms with E-state index in [9.17, 15) is 4.79 Å². The fourth-order valence-electron chi connectivity index (χ4n) is 3.89. The number of hydrogen-bond acceptors (Lipinski definition) is 5. The number of carbonyl (C=O) groups excluding carboxylic acids is 1. The fraction of sp³-hybridized carbons (Fsp3) is 0.348. The van der Waals surface area contributed by atoms with Crippen molar-refractivity contribution in [2.75, 3.05) is 31.1 Å². The van der Waals surface area contributed by atoms with Crippen molar-refractivity contribution < 1.29 is 4.79 Å². The molecule has 29 heavy (non-hydrogen) atoms. The van der Waals surface area contributed by atoms with Crippen LogP contribution < -0.4 is 4.90 Å². The molecule has 0 N–H and O–H groups in total. The number of piperazine rings is 1. The Morgan fingerprint density at radius 3 is 2.52 bits per heavy atom. The topological polar surface area (TPSA) is 49.3 Å². The van der Waals surface area contributed by atoms with Crippen LogP contribution in [0.5, 0.6) is 0 Å². The molecule has 1 amide bonds. The third-order valence-electron chi connectivity index (χ3n) is 5.37. The summed E-state index contributed by atoms with van der Waals surface area (Å²) in [5, 5.41) is 1.95. The number of rotatable bonds is 4. The van der Waals surface area contributed by atoms with E-state index in [2.05, 4.69) is 48.0 Å². The van der Waals surface area contributed by atoms with Gasteiger partial charge in [-0.2, -0.15) is 0 Å². The van der Waals surface area contributed by atoms with Crippen molar-refractivity contribution in [1.29, 1.82) is 0 Å². The van der Waals surface area contributed by atoms with E-state index in [0.717, 1.165) is 41.7 Å². The van der Waals surface area contributed by atoms with Gasteiger partial charge in [-0.15, -0.1) is 11.3 Å². The Labute approximate surface area is 176 Å². The van der Waals surface area contributed by atoms with Crippen LogP contribution in [0.15, 0.2) is 41.8 Å². The zero-order chi connectivity index (χ0) is 20.4. The summed E-state index contributed by atoms with van der Waals surface area (Å²) in [6.07, 6.45) is 0.817. The molecular formula is C23H26N4OS. The normalized spacial score (nSPS) is 14.3. The van der Waals surface area contributed by atoms with Crippen molar-refractivity contribution in [2.24, 2.45) is 0 Å². The zero-order valence-electron chi connectivity index (χ0n) is 17.2. The molecule has 3 aromatic rings. The average Bonchev–Trinajstić information content (AvgIpc) is 3.24. The summed E-state index contributed by atoms with van der Waals surface area (Å²) >= 11 is 1.51. The summed E-state index contributed by atoms with van der Waals surface area (Å²) in [6, 6.07) is 12.4. The molecule has 0 spiro atoms. The summed E-state index contributed by atoms with van der Waals surface area (Å²) < 4.78 is 0. The number of anilines is 1. The highest BCUT2D eigenvalue weighted by atomic mass is 32.1. The van der Waals surface area contributed by atoms with Crippen LogP contribution in [0.2, 0.25) is 0 Å². The van der Waals surface area contributed by atoms with Crippen LogP contribution in [0.25, 0.3) is 0 Å². The van der Waals surface area contributed by atoms with Gasteiger partial charge >= 0.3 is 0 Å². The summed E-state index contributed by atoms with van der Waals surface area (Å²) in [5.41, 5.74) is 4.74. The molecular weight excluding hydrogens is 380 g/mol. The van der Waals surface area contributed by atoms with E-state index in [1.165, 1.54) is 28.0 Å². The molecule has 1 fully saturated rings. The Morgan fingerprint density at radius 1 is 1.03 bits per heavy atom. The first-order valence-electron chi connectivity index (χ1n) is 9.98. The lowest BCUT2D eigenvalue weighted by atomic mass is 10.0. The highest BCUT2D eigenvalue weighted by molar-refractivity contribution is 7.12. The molecule has 0 unspecified atom stereocenters. The fourth-order valence-corrected chi connectivity index (χ4v) is 4.58. The average molecular weight is 407 g/mol. The lowest BCUT2D eigenvalue weighted by molar-refractivity contribution is 0.0751. The Balaban J connectivity index is 1.55. The van der Waals surface area contributed by atoms with E-state index in [1.807, 2.05) is 29.3 Å². The predicted octanol–water partition coefficient (Wildman–Crippen LogP) is 4.02. The van der Waals surface area contributed by atoms with E-state index in [-0.39, 0.29) is 5.91 Å². The number of nitrogens with zero attached hydrogens (tertiary/aromatic N) is 4. The van der Waals surface area contributed by atoms with Gasteiger partial charge in [0.25, 0.3) is 5.91 Å². The maximum atomic E-state index is 12.6. The number of aryl methyl sites for hydroxylation is 3. The molecule has 0 radical (unpaired) electrons. The van der Waals surface area contributed by atoms with E-state index in [1.54, 1.807) is 0 Å². The van der Waals surface area contributed by atoms with E-state index in [4.69, 9.17) is 4.98 Å². The van der Waals surface area contributed by atoms with Crippen LogP contribution in [0, 0.1) is 20.8 Å². The van der Waals surface area contributed by atoms with Crippen LogP contribution in [-0.2, 0) is 6.42 Å². The second-order valence-electron chi connectivity index (χ2n) is 7.58. The largest absolute Gasteiger partial charge is 0.353 e. The van der Waals surface area contributed by atoms with Gasteiger partial charge in [-0.25, -0.2) is 9.97 Å². The molecule has 1 aromatic carbocycles. The lowest BCUT2D eigenvalue weighted by Crippen LogP contribution is -2.49. The minimum atomic E-state index is 0.134. The number of thiophene rings is 1. The maximum absolute atomic E-state index is 12.6. The van der Waals surface area contributed by atoms with E-state index in [0.29, 0.717) is 13.1 Å². The minimum Gasteiger partial charge on any atom is -0.353 e. The molecule has 1 saturated heterocycles. The molecule has 3 heterocycles. The Bertz CT molecular complexity index is 1010. The van der Waals surface area contributed by atoms with Crippen molar-refractivity contribution in [3.8, 4) is 0 Å². The monoisotopic (exact) mass is 406 g/mol. The molecule has 150 valence electrons. The van der Waals surface area contributed by atoms with Crippen LogP contribution in [0.1, 0.15) is 37.9 Å². The van der Waals surface area contributed by atoms with Crippen molar-refractivity contribution in [3.05, 3.63) is 74.9 Å². The SMILES string of the molecule is Cc1cccc(Cc2c(C)nc(C)nc2N2CCN(C(=O)c3cccs3)CC2)c1. The van der Waals surface area contributed by atoms with Crippen LogP contribution in [0.3, 0.4) is 0 Å². The summed E-state index contributed by atoms with van der Waals surface area (Å²) in [6.45, 7) is 9.13. The Kier molecular flexibility index (Phi) is 5.62. The van der Waals surface area contributed by atoms with Crippen molar-refractivity contribution >= 4 is 23.1 Å². The molecule has 2 aromatic heterocycles. The van der Waals surface area contributed by atoms with Gasteiger partial charge in [-0.3, -0.25) is 4.79 Å². The number of aromatic nitrogens is 2. The third kappa shape index (κ3) is 4.32. The second kappa shape index (κ2) is 8.33. The first-order valence-corrected chi connectivity index (χ1v) is 10.9. The molecule has 0 bridgehead atoms. The summed E-state index contributed by atoms with van der Waals surface area (Å²) in [4.78, 5) is 27.1. The standard InChI is InChI=1S/C23H26N4OS/c1-16-6-4-7-19(14-16)15-20-17(2)24-18(3)25-22(20)26-9-11-27(12-10-26)23(28)21-8-5-13-29-21/h4-8,13-14H,9-12,15H2,1-3H3. The third-order valence-corrected chi connectivity index (χ3v) is 6.22. The van der Waals surface area contributed by atoms with Gasteiger partial charge in [-0.1, -0.05) is 35.9 Å². The number of hydrogen-bond donors (Lipinski definition) is 0. The first kappa shape index (κ1) is 19.6. The molecule has 4 rings (SSSR count). The smallest absolute Gasteiger partial charge is 0.264 e. The molecule has 0 saturated carbocycles. The summed E-state index contributed by atoms with van der Waals surface area (Å²) in [7, 11) is 0. The molecule has 1 aliphatic rings. The second-order valence-corrected chi connectivity index (χ2v) is 8.53. The van der Waals surface area contributed by atoms with Gasteiger partial charge in [0.2, 0.25) is 0 Å². The predicted molar refractivity (Wildman–Crippen MR) is 118 cm³/mol. The Morgan fingerprint density at radius 2 is 1.83 bits per heavy atom.